The van der Waals surface area contributed by atoms with Crippen LogP contribution in [0.4, 0.5) is 0 Å². The van der Waals surface area contributed by atoms with Gasteiger partial charge >= 0.3 is 0 Å². The maximum absolute atomic E-state index is 11.9. The van der Waals surface area contributed by atoms with E-state index in [9.17, 15) is 9.90 Å². The minimum atomic E-state index is -0.460. The number of fused-ring (bicyclic) bond motifs is 4. The van der Waals surface area contributed by atoms with Crippen molar-refractivity contribution < 1.29 is 5.11 Å². The van der Waals surface area contributed by atoms with Gasteiger partial charge in [-0.1, -0.05) is 6.07 Å². The Morgan fingerprint density at radius 3 is 3.00 bits per heavy atom. The van der Waals surface area contributed by atoms with Gasteiger partial charge in [-0.05, 0) is 18.4 Å². The van der Waals surface area contributed by atoms with Crippen LogP contribution in [0.3, 0.4) is 0 Å². The van der Waals surface area contributed by atoms with Gasteiger partial charge in [0.15, 0.2) is 0 Å². The molecule has 0 radical (unpaired) electrons. The molecule has 0 unspecified atom stereocenters. The number of β-amino-alcohol motifs (C(OH)–C–C–N with tert-alkyl or cyclic N) is 1. The molecule has 104 valence electrons. The number of aliphatic hydroxyl groups excluding tert-OH is 1. The van der Waals surface area contributed by atoms with Gasteiger partial charge < -0.3 is 9.67 Å². The molecule has 2 bridgehead atoms. The highest BCUT2D eigenvalue weighted by atomic mass is 35.5. The monoisotopic (exact) mass is 282 g/mol. The van der Waals surface area contributed by atoms with Gasteiger partial charge in [0.05, 0.1) is 6.10 Å². The van der Waals surface area contributed by atoms with E-state index >= 15 is 0 Å². The van der Waals surface area contributed by atoms with Crippen molar-refractivity contribution in [1.82, 2.24) is 9.47 Å². The summed E-state index contributed by atoms with van der Waals surface area (Å²) in [7, 11) is 0. The van der Waals surface area contributed by atoms with Crippen molar-refractivity contribution in [2.45, 2.75) is 25.0 Å². The van der Waals surface area contributed by atoms with Gasteiger partial charge in [0, 0.05) is 49.7 Å². The zero-order valence-electron chi connectivity index (χ0n) is 10.8. The molecule has 2 aliphatic rings. The number of pyridine rings is 1. The minimum absolute atomic E-state index is 0.112. The second-order valence-electron chi connectivity index (χ2n) is 5.72. The third-order valence-corrected chi connectivity index (χ3v) is 4.56. The predicted octanol–water partition coefficient (Wildman–Crippen LogP) is 0.867. The summed E-state index contributed by atoms with van der Waals surface area (Å²) in [6.07, 6.45) is 0.690. The topological polar surface area (TPSA) is 45.5 Å². The van der Waals surface area contributed by atoms with E-state index in [1.807, 2.05) is 10.6 Å². The minimum Gasteiger partial charge on any atom is -0.391 e. The first-order valence-electron chi connectivity index (χ1n) is 6.83. The van der Waals surface area contributed by atoms with Crippen LogP contribution in [0.15, 0.2) is 23.0 Å². The smallest absolute Gasteiger partial charge is 0.250 e. The molecule has 0 aromatic carbocycles. The van der Waals surface area contributed by atoms with Gasteiger partial charge in [-0.15, -0.1) is 11.6 Å². The molecule has 0 spiro atoms. The largest absolute Gasteiger partial charge is 0.391 e. The fourth-order valence-corrected chi connectivity index (χ4v) is 3.59. The van der Waals surface area contributed by atoms with Gasteiger partial charge in [-0.2, -0.15) is 0 Å². The summed E-state index contributed by atoms with van der Waals surface area (Å²) in [6, 6.07) is 5.55. The number of hydrogen-bond donors (Lipinski definition) is 1. The third kappa shape index (κ3) is 2.57. The third-order valence-electron chi connectivity index (χ3n) is 4.20. The van der Waals surface area contributed by atoms with Crippen molar-refractivity contribution in [3.8, 4) is 0 Å². The molecular formula is C14H19ClN2O2. The normalized spacial score (nSPS) is 27.9. The standard InChI is InChI=1S/C14H19ClN2O2/c15-5-12(18)9-16-6-10-4-11(8-16)13-2-1-3-14(19)17(13)7-10/h1-3,10-12,18H,4-9H2/t10-,11-,12+/m0/s1. The van der Waals surface area contributed by atoms with Crippen molar-refractivity contribution >= 4 is 11.6 Å². The lowest BCUT2D eigenvalue weighted by Gasteiger charge is -2.43. The lowest BCUT2D eigenvalue weighted by atomic mass is 9.83. The number of likely N-dealkylation sites (tertiary alicyclic amines) is 1. The maximum atomic E-state index is 11.9. The van der Waals surface area contributed by atoms with Crippen molar-refractivity contribution in [3.63, 3.8) is 0 Å². The molecular weight excluding hydrogens is 264 g/mol. The first-order valence-corrected chi connectivity index (χ1v) is 7.37. The Morgan fingerprint density at radius 2 is 2.21 bits per heavy atom. The van der Waals surface area contributed by atoms with E-state index in [4.69, 9.17) is 11.6 Å². The number of aromatic nitrogens is 1. The SMILES string of the molecule is O=c1cccc2n1C[C@H]1C[C@H]2CN(C[C@H](O)CCl)C1. The average Bonchev–Trinajstić information content (AvgIpc) is 2.40. The summed E-state index contributed by atoms with van der Waals surface area (Å²) >= 11 is 5.67. The van der Waals surface area contributed by atoms with E-state index in [0.29, 0.717) is 18.4 Å². The first kappa shape index (κ1) is 13.2. The number of rotatable bonds is 3. The summed E-state index contributed by atoms with van der Waals surface area (Å²) in [4.78, 5) is 14.2. The number of hydrogen-bond acceptors (Lipinski definition) is 3. The second-order valence-corrected chi connectivity index (χ2v) is 6.03. The van der Waals surface area contributed by atoms with Gasteiger partial charge in [0.1, 0.15) is 0 Å². The highest BCUT2D eigenvalue weighted by molar-refractivity contribution is 6.18. The van der Waals surface area contributed by atoms with Crippen LogP contribution in [0.25, 0.3) is 0 Å². The molecule has 5 heteroatoms. The van der Waals surface area contributed by atoms with Crippen LogP contribution < -0.4 is 5.56 Å². The number of piperidine rings is 1. The summed E-state index contributed by atoms with van der Waals surface area (Å²) in [5.41, 5.74) is 1.26. The quantitative estimate of drug-likeness (QED) is 0.837. The Labute approximate surface area is 117 Å². The predicted molar refractivity (Wildman–Crippen MR) is 74.7 cm³/mol. The first-order chi connectivity index (χ1) is 9.17. The molecule has 3 rings (SSSR count). The Balaban J connectivity index is 1.82. The number of alkyl halides is 1. The van der Waals surface area contributed by atoms with E-state index in [1.54, 1.807) is 6.07 Å². The van der Waals surface area contributed by atoms with Gasteiger partial charge in [-0.25, -0.2) is 0 Å². The fourth-order valence-electron chi connectivity index (χ4n) is 3.49. The molecule has 19 heavy (non-hydrogen) atoms. The van der Waals surface area contributed by atoms with Gasteiger partial charge in [0.2, 0.25) is 0 Å². The molecule has 3 atom stereocenters. The second kappa shape index (κ2) is 5.27. The number of halogens is 1. The average molecular weight is 283 g/mol. The zero-order valence-corrected chi connectivity index (χ0v) is 11.6. The van der Waals surface area contributed by atoms with Crippen LogP contribution in [0.2, 0.25) is 0 Å². The molecule has 0 aliphatic carbocycles. The molecule has 3 heterocycles. The van der Waals surface area contributed by atoms with Crippen molar-refractivity contribution in [3.05, 3.63) is 34.2 Å². The van der Waals surface area contributed by atoms with Crippen LogP contribution in [0.1, 0.15) is 18.0 Å². The van der Waals surface area contributed by atoms with E-state index in [2.05, 4.69) is 11.0 Å². The zero-order chi connectivity index (χ0) is 13.4. The summed E-state index contributed by atoms with van der Waals surface area (Å²) in [6.45, 7) is 3.30. The Morgan fingerprint density at radius 1 is 1.37 bits per heavy atom. The van der Waals surface area contributed by atoms with Crippen LogP contribution in [0.5, 0.6) is 0 Å². The summed E-state index contributed by atoms with van der Waals surface area (Å²) in [5, 5.41) is 9.68. The Bertz CT molecular complexity index is 516. The fraction of sp³-hybridized carbons (Fsp3) is 0.643. The molecule has 1 aromatic rings. The van der Waals surface area contributed by atoms with Gasteiger partial charge in [0.25, 0.3) is 5.56 Å². The van der Waals surface area contributed by atoms with Crippen LogP contribution in [-0.4, -0.2) is 46.2 Å². The lowest BCUT2D eigenvalue weighted by molar-refractivity contribution is 0.0712. The molecule has 0 amide bonds. The molecule has 1 saturated heterocycles. The molecule has 2 aliphatic heterocycles. The van der Waals surface area contributed by atoms with Crippen molar-refractivity contribution in [1.29, 1.82) is 0 Å². The van der Waals surface area contributed by atoms with E-state index in [-0.39, 0.29) is 11.4 Å². The Hall–Kier alpha value is -0.840. The highest BCUT2D eigenvalue weighted by Crippen LogP contribution is 2.34. The van der Waals surface area contributed by atoms with Crippen molar-refractivity contribution in [2.75, 3.05) is 25.5 Å². The molecule has 1 aromatic heterocycles. The van der Waals surface area contributed by atoms with Crippen LogP contribution in [0, 0.1) is 5.92 Å². The maximum Gasteiger partial charge on any atom is 0.250 e. The molecule has 4 nitrogen and oxygen atoms in total. The summed E-state index contributed by atoms with van der Waals surface area (Å²) < 4.78 is 1.92. The highest BCUT2D eigenvalue weighted by Gasteiger charge is 2.34. The number of nitrogens with zero attached hydrogens (tertiary/aromatic N) is 2. The molecule has 0 saturated carbocycles. The lowest BCUT2D eigenvalue weighted by Crippen LogP contribution is -2.49. The van der Waals surface area contributed by atoms with Crippen LogP contribution in [-0.2, 0) is 6.54 Å². The summed E-state index contributed by atoms with van der Waals surface area (Å²) in [5.74, 6) is 1.19. The molecule has 1 N–H and O–H groups in total. The van der Waals surface area contributed by atoms with Gasteiger partial charge in [-0.3, -0.25) is 9.69 Å². The molecule has 1 fully saturated rings. The van der Waals surface area contributed by atoms with E-state index in [1.165, 1.54) is 0 Å². The van der Waals surface area contributed by atoms with E-state index in [0.717, 1.165) is 31.7 Å². The van der Waals surface area contributed by atoms with Crippen molar-refractivity contribution in [2.24, 2.45) is 5.92 Å². The van der Waals surface area contributed by atoms with Crippen LogP contribution >= 0.6 is 11.6 Å². The van der Waals surface area contributed by atoms with E-state index < -0.39 is 6.10 Å². The number of aliphatic hydroxyl groups is 1. The Kier molecular flexibility index (Phi) is 3.65.